The molecule has 1 unspecified atom stereocenters. The number of thiazole rings is 1. The smallest absolute Gasteiger partial charge is 0.287 e. The molecule has 0 aliphatic rings. The Hall–Kier alpha value is -3.05. The molecule has 9 nitrogen and oxygen atoms in total. The molecule has 0 saturated carbocycles. The minimum absolute atomic E-state index is 0.0225. The van der Waals surface area contributed by atoms with E-state index in [-0.39, 0.29) is 12.1 Å². The van der Waals surface area contributed by atoms with Crippen LogP contribution in [0.25, 0.3) is 11.4 Å². The highest BCUT2D eigenvalue weighted by Crippen LogP contribution is 2.19. The molecule has 11 heteroatoms. The fraction of sp³-hybridized carbons (Fsp3) is 0.133. The lowest BCUT2D eigenvalue weighted by Crippen LogP contribution is -2.47. The topological polar surface area (TPSA) is 141 Å². The molecule has 2 amide bonds. The number of hydrogen-bond donors (Lipinski definition) is 2. The summed E-state index contributed by atoms with van der Waals surface area (Å²) in [4.78, 5) is 44.2. The fourth-order valence-corrected chi connectivity index (χ4v) is 3.29. The highest BCUT2D eigenvalue weighted by molar-refractivity contribution is 7.07. The van der Waals surface area contributed by atoms with Gasteiger partial charge in [-0.3, -0.25) is 19.4 Å². The second kappa shape index (κ2) is 7.89. The van der Waals surface area contributed by atoms with Crippen LogP contribution in [0.2, 0.25) is 0 Å². The predicted octanol–water partition coefficient (Wildman–Crippen LogP) is 0.452. The molecule has 0 saturated heterocycles. The van der Waals surface area contributed by atoms with Gasteiger partial charge in [-0.1, -0.05) is 6.07 Å². The molecular formula is C15H12N6O3S2. The Balaban J connectivity index is 1.83. The molecule has 132 valence electrons. The van der Waals surface area contributed by atoms with Crippen LogP contribution in [-0.4, -0.2) is 42.4 Å². The van der Waals surface area contributed by atoms with Gasteiger partial charge in [0.1, 0.15) is 11.7 Å². The number of hydrogen-bond acceptors (Lipinski definition) is 9. The van der Waals surface area contributed by atoms with Crippen molar-refractivity contribution < 1.29 is 14.4 Å². The molecular weight excluding hydrogens is 376 g/mol. The third kappa shape index (κ3) is 3.95. The first-order chi connectivity index (χ1) is 12.6. The number of aromatic nitrogens is 4. The first-order valence-corrected chi connectivity index (χ1v) is 8.99. The van der Waals surface area contributed by atoms with Crippen LogP contribution in [0, 0.1) is 0 Å². The lowest BCUT2D eigenvalue weighted by molar-refractivity contribution is -0.137. The quantitative estimate of drug-likeness (QED) is 0.560. The van der Waals surface area contributed by atoms with E-state index in [0.29, 0.717) is 17.1 Å². The third-order valence-corrected chi connectivity index (χ3v) is 4.54. The van der Waals surface area contributed by atoms with Crippen molar-refractivity contribution in [2.24, 2.45) is 5.73 Å². The van der Waals surface area contributed by atoms with Crippen LogP contribution in [0.3, 0.4) is 0 Å². The summed E-state index contributed by atoms with van der Waals surface area (Å²) in [7, 11) is 0. The number of rotatable bonds is 7. The minimum atomic E-state index is -1.14. The second-order valence-electron chi connectivity index (χ2n) is 5.11. The van der Waals surface area contributed by atoms with Crippen molar-refractivity contribution in [3.63, 3.8) is 0 Å². The normalized spacial score (nSPS) is 11.7. The van der Waals surface area contributed by atoms with Gasteiger partial charge in [0.15, 0.2) is 5.69 Å². The monoisotopic (exact) mass is 388 g/mol. The Morgan fingerprint density at radius 1 is 1.19 bits per heavy atom. The average molecular weight is 388 g/mol. The van der Waals surface area contributed by atoms with Crippen LogP contribution in [0.5, 0.6) is 0 Å². The number of Topliss-reactive ketones (excluding diaryl/α,β-unsaturated/α-hetero) is 1. The van der Waals surface area contributed by atoms with Crippen molar-refractivity contribution in [1.82, 2.24) is 24.0 Å². The lowest BCUT2D eigenvalue weighted by atomic mass is 10.1. The number of primary amides is 1. The average Bonchev–Trinajstić information content (AvgIpc) is 3.32. The van der Waals surface area contributed by atoms with E-state index in [0.717, 1.165) is 11.7 Å². The van der Waals surface area contributed by atoms with E-state index < -0.39 is 23.6 Å². The zero-order chi connectivity index (χ0) is 18.5. The third-order valence-electron chi connectivity index (χ3n) is 3.37. The van der Waals surface area contributed by atoms with Gasteiger partial charge in [-0.15, -0.1) is 11.3 Å². The molecule has 0 spiro atoms. The minimum Gasteiger partial charge on any atom is -0.363 e. The number of carbonyl (C=O) groups is 3. The van der Waals surface area contributed by atoms with E-state index in [1.807, 2.05) is 0 Å². The summed E-state index contributed by atoms with van der Waals surface area (Å²) >= 11 is 2.19. The largest absolute Gasteiger partial charge is 0.363 e. The van der Waals surface area contributed by atoms with Gasteiger partial charge in [0.25, 0.3) is 11.8 Å². The van der Waals surface area contributed by atoms with Crippen LogP contribution in [0.4, 0.5) is 0 Å². The molecule has 0 radical (unpaired) electrons. The van der Waals surface area contributed by atoms with Crippen LogP contribution in [0.15, 0.2) is 35.3 Å². The molecule has 0 aromatic carbocycles. The highest BCUT2D eigenvalue weighted by atomic mass is 32.1. The highest BCUT2D eigenvalue weighted by Gasteiger charge is 2.28. The molecule has 0 aliphatic carbocycles. The number of ketones is 1. The number of carbonyl (C=O) groups excluding carboxylic acids is 3. The maximum Gasteiger partial charge on any atom is 0.287 e. The van der Waals surface area contributed by atoms with Crippen molar-refractivity contribution >= 4 is 40.7 Å². The van der Waals surface area contributed by atoms with E-state index in [2.05, 4.69) is 24.0 Å². The maximum atomic E-state index is 12.6. The van der Waals surface area contributed by atoms with Crippen LogP contribution in [0.1, 0.15) is 16.2 Å². The van der Waals surface area contributed by atoms with Crippen molar-refractivity contribution in [2.75, 3.05) is 0 Å². The zero-order valence-corrected chi connectivity index (χ0v) is 14.8. The van der Waals surface area contributed by atoms with E-state index in [9.17, 15) is 14.4 Å². The molecule has 3 rings (SSSR count). The summed E-state index contributed by atoms with van der Waals surface area (Å²) in [5.41, 5.74) is 8.04. The molecule has 3 aromatic rings. The summed E-state index contributed by atoms with van der Waals surface area (Å²) in [6.45, 7) is 0. The van der Waals surface area contributed by atoms with Gasteiger partial charge in [-0.2, -0.15) is 8.75 Å². The summed E-state index contributed by atoms with van der Waals surface area (Å²) in [6, 6.07) is 4.04. The molecule has 26 heavy (non-hydrogen) atoms. The molecule has 0 fully saturated rings. The Labute approximate surface area is 155 Å². The van der Waals surface area contributed by atoms with E-state index >= 15 is 0 Å². The van der Waals surface area contributed by atoms with Crippen molar-refractivity contribution in [2.45, 2.75) is 12.5 Å². The Morgan fingerprint density at radius 3 is 2.69 bits per heavy atom. The number of nitrogens with one attached hydrogen (secondary N) is 1. The first-order valence-electron chi connectivity index (χ1n) is 7.31. The maximum absolute atomic E-state index is 12.6. The fourth-order valence-electron chi connectivity index (χ4n) is 2.16. The van der Waals surface area contributed by atoms with Gasteiger partial charge in [0.05, 0.1) is 28.6 Å². The Morgan fingerprint density at radius 2 is 2.04 bits per heavy atom. The molecule has 3 heterocycles. The summed E-state index contributed by atoms with van der Waals surface area (Å²) in [5.74, 6) is -2.69. The van der Waals surface area contributed by atoms with E-state index in [4.69, 9.17) is 5.73 Å². The first kappa shape index (κ1) is 17.8. The van der Waals surface area contributed by atoms with E-state index in [1.165, 1.54) is 11.3 Å². The Bertz CT molecular complexity index is 926. The standard InChI is InChI=1S/C15H12N6O3S2/c16-14(23)13(22)10(5-8-6-25-7-18-8)19-15(24)12-11(20-26-21-12)9-3-1-2-4-17-9/h1-4,6-7,10H,5H2,(H2,16,23)(H,19,24). The van der Waals surface area contributed by atoms with Gasteiger partial charge < -0.3 is 11.1 Å². The SMILES string of the molecule is NC(=O)C(=O)C(Cc1cscn1)NC(=O)c1nsnc1-c1ccccn1. The van der Waals surface area contributed by atoms with Crippen molar-refractivity contribution in [3.8, 4) is 11.4 Å². The Kier molecular flexibility index (Phi) is 5.39. The molecule has 0 aliphatic heterocycles. The van der Waals surface area contributed by atoms with Crippen molar-refractivity contribution in [3.05, 3.63) is 46.7 Å². The summed E-state index contributed by atoms with van der Waals surface area (Å²) in [6.07, 6.45) is 1.62. The lowest BCUT2D eigenvalue weighted by Gasteiger charge is -2.14. The van der Waals surface area contributed by atoms with Gasteiger partial charge in [-0.05, 0) is 12.1 Å². The summed E-state index contributed by atoms with van der Waals surface area (Å²) in [5, 5.41) is 4.22. The molecule has 3 N–H and O–H groups in total. The number of pyridine rings is 1. The molecule has 3 aromatic heterocycles. The van der Waals surface area contributed by atoms with Crippen LogP contribution < -0.4 is 11.1 Å². The van der Waals surface area contributed by atoms with Gasteiger partial charge in [0.2, 0.25) is 5.78 Å². The van der Waals surface area contributed by atoms with E-state index in [1.54, 1.807) is 35.3 Å². The van der Waals surface area contributed by atoms with Gasteiger partial charge in [0, 0.05) is 18.0 Å². The van der Waals surface area contributed by atoms with Crippen molar-refractivity contribution in [1.29, 1.82) is 0 Å². The van der Waals surface area contributed by atoms with Crippen LogP contribution >= 0.6 is 23.1 Å². The van der Waals surface area contributed by atoms with Gasteiger partial charge in [-0.25, -0.2) is 4.98 Å². The van der Waals surface area contributed by atoms with Gasteiger partial charge >= 0.3 is 0 Å². The number of nitrogens with zero attached hydrogens (tertiary/aromatic N) is 4. The predicted molar refractivity (Wildman–Crippen MR) is 94.4 cm³/mol. The number of nitrogens with two attached hydrogens (primary N) is 1. The van der Waals surface area contributed by atoms with Crippen LogP contribution in [-0.2, 0) is 16.0 Å². The molecule has 1 atom stereocenters. The molecule has 0 bridgehead atoms. The summed E-state index contributed by atoms with van der Waals surface area (Å²) < 4.78 is 8.07. The number of amides is 2. The second-order valence-corrected chi connectivity index (χ2v) is 6.36. The zero-order valence-electron chi connectivity index (χ0n) is 13.2.